The molecule has 1 fully saturated rings. The van der Waals surface area contributed by atoms with Gasteiger partial charge < -0.3 is 15.9 Å². The smallest absolute Gasteiger partial charge is 0.323 e. The number of nitrogens with zero attached hydrogens (tertiary/aromatic N) is 1. The van der Waals surface area contributed by atoms with Gasteiger partial charge in [0.15, 0.2) is 0 Å². The minimum absolute atomic E-state index is 0.624. The molecule has 6 heteroatoms. The molecule has 2 atom stereocenters. The molecule has 100 valence electrons. The van der Waals surface area contributed by atoms with Crippen LogP contribution in [0.15, 0.2) is 12.1 Å². The molecular weight excluding hydrogens is 252 g/mol. The van der Waals surface area contributed by atoms with Crippen LogP contribution >= 0.6 is 11.3 Å². The van der Waals surface area contributed by atoms with Crippen molar-refractivity contribution in [2.24, 2.45) is 5.73 Å². The molecule has 1 aromatic heterocycles. The van der Waals surface area contributed by atoms with Crippen molar-refractivity contribution in [1.82, 2.24) is 4.90 Å². The summed E-state index contributed by atoms with van der Waals surface area (Å²) in [6.45, 7) is 3.11. The third-order valence-electron chi connectivity index (χ3n) is 3.18. The quantitative estimate of drug-likeness (QED) is 0.736. The summed E-state index contributed by atoms with van der Waals surface area (Å²) in [5.74, 6) is -1.18. The van der Waals surface area contributed by atoms with Gasteiger partial charge in [-0.2, -0.15) is 0 Å². The van der Waals surface area contributed by atoms with E-state index in [4.69, 9.17) is 10.8 Å². The lowest BCUT2D eigenvalue weighted by Gasteiger charge is -2.14. The van der Waals surface area contributed by atoms with Crippen LogP contribution in [0.1, 0.15) is 28.7 Å². The summed E-state index contributed by atoms with van der Waals surface area (Å²) in [6, 6.07) is 2.45. The monoisotopic (exact) mass is 270 g/mol. The first-order valence-corrected chi connectivity index (χ1v) is 6.87. The number of nitrogens with two attached hydrogens (primary N) is 1. The molecule has 0 amide bonds. The molecule has 2 rings (SSSR count). The molecule has 0 spiro atoms. The van der Waals surface area contributed by atoms with E-state index in [0.29, 0.717) is 4.88 Å². The number of carboxylic acid groups (broad SMARTS) is 1. The van der Waals surface area contributed by atoms with E-state index in [1.54, 1.807) is 6.07 Å². The lowest BCUT2D eigenvalue weighted by Crippen LogP contribution is -2.36. The predicted octanol–water partition coefficient (Wildman–Crippen LogP) is 0.789. The molecule has 1 aromatic rings. The van der Waals surface area contributed by atoms with Crippen LogP contribution in [-0.4, -0.2) is 40.2 Å². The Morgan fingerprint density at radius 2 is 2.11 bits per heavy atom. The normalized spacial score (nSPS) is 19.9. The molecule has 18 heavy (non-hydrogen) atoms. The highest BCUT2D eigenvalue weighted by Gasteiger charge is 2.25. The van der Waals surface area contributed by atoms with Crippen LogP contribution in [0.2, 0.25) is 0 Å². The van der Waals surface area contributed by atoms with Gasteiger partial charge in [-0.3, -0.25) is 9.69 Å². The highest BCUT2D eigenvalue weighted by Crippen LogP contribution is 2.26. The summed E-state index contributed by atoms with van der Waals surface area (Å²) in [6.07, 6.45) is 1.36. The van der Waals surface area contributed by atoms with Gasteiger partial charge in [-0.1, -0.05) is 0 Å². The molecule has 0 aromatic carbocycles. The zero-order chi connectivity index (χ0) is 13.1. The van der Waals surface area contributed by atoms with E-state index in [0.717, 1.165) is 24.5 Å². The van der Waals surface area contributed by atoms with Gasteiger partial charge in [0, 0.05) is 16.3 Å². The second kappa shape index (κ2) is 5.79. The first-order valence-electron chi connectivity index (χ1n) is 6.05. The Labute approximate surface area is 110 Å². The third kappa shape index (κ3) is 3.08. The molecule has 1 aliphatic heterocycles. The molecular formula is C12H18N2O3S. The number of aliphatic carboxylic acids is 1. The Balaban J connectivity index is 1.98. The summed E-state index contributed by atoms with van der Waals surface area (Å²) >= 11 is 1.44. The summed E-state index contributed by atoms with van der Waals surface area (Å²) in [5.41, 5.74) is 5.41. The first kappa shape index (κ1) is 13.5. The van der Waals surface area contributed by atoms with Crippen molar-refractivity contribution in [3.63, 3.8) is 0 Å². The maximum absolute atomic E-state index is 10.7. The van der Waals surface area contributed by atoms with Crippen LogP contribution in [0.25, 0.3) is 0 Å². The van der Waals surface area contributed by atoms with E-state index in [1.807, 2.05) is 6.07 Å². The maximum Gasteiger partial charge on any atom is 0.323 e. The summed E-state index contributed by atoms with van der Waals surface area (Å²) in [5, 5.41) is 18.6. The lowest BCUT2D eigenvalue weighted by molar-refractivity contribution is -0.141. The highest BCUT2D eigenvalue weighted by molar-refractivity contribution is 7.12. The molecule has 1 aliphatic rings. The average molecular weight is 270 g/mol. The minimum Gasteiger partial charge on any atom is -0.480 e. The van der Waals surface area contributed by atoms with Crippen LogP contribution in [0.3, 0.4) is 0 Å². The predicted molar refractivity (Wildman–Crippen MR) is 69.4 cm³/mol. The van der Waals surface area contributed by atoms with E-state index < -0.39 is 18.1 Å². The van der Waals surface area contributed by atoms with E-state index in [-0.39, 0.29) is 0 Å². The van der Waals surface area contributed by atoms with E-state index in [1.165, 1.54) is 24.2 Å². The first-order chi connectivity index (χ1) is 8.58. The fourth-order valence-electron chi connectivity index (χ4n) is 2.11. The molecule has 0 radical (unpaired) electrons. The van der Waals surface area contributed by atoms with Crippen LogP contribution in [0.5, 0.6) is 0 Å². The Morgan fingerprint density at radius 3 is 2.72 bits per heavy atom. The van der Waals surface area contributed by atoms with Gasteiger partial charge in [0.1, 0.15) is 12.1 Å². The van der Waals surface area contributed by atoms with Crippen molar-refractivity contribution in [1.29, 1.82) is 0 Å². The zero-order valence-corrected chi connectivity index (χ0v) is 10.9. The van der Waals surface area contributed by atoms with E-state index >= 15 is 0 Å². The van der Waals surface area contributed by atoms with Crippen molar-refractivity contribution < 1.29 is 15.0 Å². The van der Waals surface area contributed by atoms with Crippen molar-refractivity contribution in [2.45, 2.75) is 31.5 Å². The van der Waals surface area contributed by atoms with Crippen LogP contribution in [0.4, 0.5) is 0 Å². The molecule has 2 unspecified atom stereocenters. The van der Waals surface area contributed by atoms with Crippen LogP contribution in [-0.2, 0) is 11.3 Å². The lowest BCUT2D eigenvalue weighted by atomic mass is 10.1. The Morgan fingerprint density at radius 1 is 1.44 bits per heavy atom. The molecule has 0 aliphatic carbocycles. The van der Waals surface area contributed by atoms with Crippen molar-refractivity contribution in [2.75, 3.05) is 13.1 Å². The van der Waals surface area contributed by atoms with Crippen molar-refractivity contribution in [3.8, 4) is 0 Å². The van der Waals surface area contributed by atoms with Gasteiger partial charge in [-0.15, -0.1) is 11.3 Å². The van der Waals surface area contributed by atoms with Gasteiger partial charge in [-0.05, 0) is 38.1 Å². The standard InChI is InChI=1S/C12H18N2O3S/c13-10(12(16)17)11(15)9-4-3-8(18-9)7-14-5-1-2-6-14/h3-4,10-11,15H,1-2,5-7,13H2,(H,16,17). The van der Waals surface area contributed by atoms with Gasteiger partial charge in [0.2, 0.25) is 0 Å². The van der Waals surface area contributed by atoms with Gasteiger partial charge in [0.05, 0.1) is 0 Å². The summed E-state index contributed by atoms with van der Waals surface area (Å²) < 4.78 is 0. The van der Waals surface area contributed by atoms with Crippen LogP contribution < -0.4 is 5.73 Å². The summed E-state index contributed by atoms with van der Waals surface area (Å²) in [7, 11) is 0. The van der Waals surface area contributed by atoms with Gasteiger partial charge >= 0.3 is 5.97 Å². The number of hydrogen-bond acceptors (Lipinski definition) is 5. The second-order valence-corrected chi connectivity index (χ2v) is 5.80. The number of hydrogen-bond donors (Lipinski definition) is 3. The molecule has 1 saturated heterocycles. The van der Waals surface area contributed by atoms with Crippen molar-refractivity contribution >= 4 is 17.3 Å². The fraction of sp³-hybridized carbons (Fsp3) is 0.583. The Hall–Kier alpha value is -0.950. The number of aliphatic hydroxyl groups excluding tert-OH is 1. The third-order valence-corrected chi connectivity index (χ3v) is 4.32. The number of thiophene rings is 1. The average Bonchev–Trinajstić information content (AvgIpc) is 2.99. The Bertz CT molecular complexity index is 415. The molecule has 4 N–H and O–H groups in total. The summed E-state index contributed by atoms with van der Waals surface area (Å²) in [4.78, 5) is 14.8. The molecule has 5 nitrogen and oxygen atoms in total. The van der Waals surface area contributed by atoms with Gasteiger partial charge in [0.25, 0.3) is 0 Å². The zero-order valence-electron chi connectivity index (χ0n) is 10.1. The molecule has 0 bridgehead atoms. The van der Waals surface area contributed by atoms with Crippen LogP contribution in [0, 0.1) is 0 Å². The number of likely N-dealkylation sites (tertiary alicyclic amines) is 1. The largest absolute Gasteiger partial charge is 0.480 e. The van der Waals surface area contributed by atoms with E-state index in [9.17, 15) is 9.90 Å². The topological polar surface area (TPSA) is 86.8 Å². The maximum atomic E-state index is 10.7. The number of rotatable bonds is 5. The molecule has 0 saturated carbocycles. The number of aliphatic hydroxyl groups is 1. The SMILES string of the molecule is NC(C(=O)O)C(O)c1ccc(CN2CCCC2)s1. The van der Waals surface area contributed by atoms with Gasteiger partial charge in [-0.25, -0.2) is 0 Å². The fourth-order valence-corrected chi connectivity index (χ4v) is 3.20. The number of carbonyl (C=O) groups is 1. The van der Waals surface area contributed by atoms with Crippen molar-refractivity contribution in [3.05, 3.63) is 21.9 Å². The van der Waals surface area contributed by atoms with E-state index in [2.05, 4.69) is 4.90 Å². The second-order valence-electron chi connectivity index (χ2n) is 4.60. The molecule has 2 heterocycles. The number of carboxylic acids is 1. The Kier molecular flexibility index (Phi) is 4.34. The minimum atomic E-state index is -1.26. The highest BCUT2D eigenvalue weighted by atomic mass is 32.1.